The minimum atomic E-state index is -0.439. The quantitative estimate of drug-likeness (QED) is 0.272. The number of hydrogen-bond acceptors (Lipinski definition) is 8. The molecule has 3 rings (SSSR count). The van der Waals surface area contributed by atoms with Gasteiger partial charge in [-0.05, 0) is 43.5 Å². The first kappa shape index (κ1) is 23.6. The number of hydrogen-bond donors (Lipinski definition) is 5. The number of nitrogens with one attached hydrogen (secondary N) is 4. The van der Waals surface area contributed by atoms with Crippen LogP contribution in [0.5, 0.6) is 0 Å². The van der Waals surface area contributed by atoms with Gasteiger partial charge < -0.3 is 21.7 Å². The molecule has 0 aliphatic carbocycles. The van der Waals surface area contributed by atoms with Crippen LogP contribution in [-0.2, 0) is 11.3 Å². The van der Waals surface area contributed by atoms with Crippen molar-refractivity contribution in [3.05, 3.63) is 52.1 Å². The molecule has 3 aromatic rings. The zero-order chi connectivity index (χ0) is 23.6. The number of benzene rings is 1. The number of anilines is 2. The summed E-state index contributed by atoms with van der Waals surface area (Å²) >= 11 is 0. The lowest BCUT2D eigenvalue weighted by Gasteiger charge is -2.09. The SMILES string of the molecule is CCC(=O)NCCCCCNC(=O)c1ccc(NCc2cnc3nc(N)[nH]c(=O)c3n2)cc1. The fourth-order valence-corrected chi connectivity index (χ4v) is 3.07. The smallest absolute Gasteiger partial charge is 0.280 e. The Kier molecular flexibility index (Phi) is 8.28. The van der Waals surface area contributed by atoms with Crippen molar-refractivity contribution in [2.75, 3.05) is 24.1 Å². The Hall–Kier alpha value is -4.02. The Morgan fingerprint density at radius 3 is 2.48 bits per heavy atom. The second-order valence-electron chi connectivity index (χ2n) is 7.44. The van der Waals surface area contributed by atoms with Crippen molar-refractivity contribution in [1.82, 2.24) is 30.6 Å². The Morgan fingerprint density at radius 2 is 1.76 bits per heavy atom. The fourth-order valence-electron chi connectivity index (χ4n) is 3.07. The Balaban J connectivity index is 1.42. The molecule has 0 atom stereocenters. The minimum absolute atomic E-state index is 0.00537. The number of carbonyl (C=O) groups excluding carboxylic acids is 2. The largest absolute Gasteiger partial charge is 0.379 e. The lowest BCUT2D eigenvalue weighted by atomic mass is 10.2. The summed E-state index contributed by atoms with van der Waals surface area (Å²) in [7, 11) is 0. The van der Waals surface area contributed by atoms with Gasteiger partial charge in [-0.2, -0.15) is 4.98 Å². The van der Waals surface area contributed by atoms with Gasteiger partial charge in [0.1, 0.15) is 0 Å². The number of fused-ring (bicyclic) bond motifs is 1. The van der Waals surface area contributed by atoms with E-state index in [-0.39, 0.29) is 28.9 Å². The summed E-state index contributed by atoms with van der Waals surface area (Å²) in [4.78, 5) is 50.1. The first-order valence-electron chi connectivity index (χ1n) is 10.9. The van der Waals surface area contributed by atoms with Crippen LogP contribution in [0.15, 0.2) is 35.3 Å². The van der Waals surface area contributed by atoms with Gasteiger partial charge in [0.15, 0.2) is 11.2 Å². The van der Waals surface area contributed by atoms with Crippen molar-refractivity contribution in [2.24, 2.45) is 0 Å². The number of nitrogens with two attached hydrogens (primary N) is 1. The van der Waals surface area contributed by atoms with E-state index in [2.05, 4.69) is 35.9 Å². The highest BCUT2D eigenvalue weighted by molar-refractivity contribution is 5.94. The Labute approximate surface area is 190 Å². The molecule has 0 spiro atoms. The average Bonchev–Trinajstić information content (AvgIpc) is 2.82. The number of H-pyrrole nitrogens is 1. The van der Waals surface area contributed by atoms with Crippen molar-refractivity contribution in [1.29, 1.82) is 0 Å². The molecule has 11 heteroatoms. The first-order chi connectivity index (χ1) is 16.0. The first-order valence-corrected chi connectivity index (χ1v) is 10.9. The summed E-state index contributed by atoms with van der Waals surface area (Å²) < 4.78 is 0. The summed E-state index contributed by atoms with van der Waals surface area (Å²) in [6, 6.07) is 7.08. The summed E-state index contributed by atoms with van der Waals surface area (Å²) in [6.45, 7) is 3.42. The van der Waals surface area contributed by atoms with E-state index in [9.17, 15) is 14.4 Å². The maximum atomic E-state index is 12.3. The Bertz CT molecular complexity index is 1160. The number of aromatic amines is 1. The molecule has 0 aliphatic heterocycles. The highest BCUT2D eigenvalue weighted by Crippen LogP contribution is 2.11. The van der Waals surface area contributed by atoms with Gasteiger partial charge in [0.25, 0.3) is 11.5 Å². The van der Waals surface area contributed by atoms with E-state index in [0.29, 0.717) is 37.3 Å². The maximum Gasteiger partial charge on any atom is 0.280 e. The van der Waals surface area contributed by atoms with Gasteiger partial charge in [-0.1, -0.05) is 6.92 Å². The van der Waals surface area contributed by atoms with Crippen LogP contribution in [0.2, 0.25) is 0 Å². The summed E-state index contributed by atoms with van der Waals surface area (Å²) in [5.74, 6) is -0.0778. The molecule has 0 saturated heterocycles. The molecular formula is C22H28N8O3. The summed E-state index contributed by atoms with van der Waals surface area (Å²) in [5, 5.41) is 8.92. The molecule has 0 radical (unpaired) electrons. The number of carbonyl (C=O) groups is 2. The summed E-state index contributed by atoms with van der Waals surface area (Å²) in [6.07, 6.45) is 4.70. The van der Waals surface area contributed by atoms with Crippen molar-refractivity contribution in [2.45, 2.75) is 39.2 Å². The van der Waals surface area contributed by atoms with Crippen molar-refractivity contribution in [3.8, 4) is 0 Å². The normalized spacial score (nSPS) is 10.7. The van der Waals surface area contributed by atoms with Crippen LogP contribution in [0, 0.1) is 0 Å². The molecule has 6 N–H and O–H groups in total. The molecule has 0 aliphatic rings. The lowest BCUT2D eigenvalue weighted by Crippen LogP contribution is -2.25. The van der Waals surface area contributed by atoms with E-state index in [1.807, 2.05) is 6.92 Å². The van der Waals surface area contributed by atoms with Crippen LogP contribution in [0.3, 0.4) is 0 Å². The number of unbranched alkanes of at least 4 members (excludes halogenated alkanes) is 2. The van der Waals surface area contributed by atoms with Crippen LogP contribution in [0.25, 0.3) is 11.2 Å². The molecule has 1 aromatic carbocycles. The van der Waals surface area contributed by atoms with Gasteiger partial charge in [0, 0.05) is 30.8 Å². The topological polar surface area (TPSA) is 168 Å². The van der Waals surface area contributed by atoms with Gasteiger partial charge in [0.2, 0.25) is 11.9 Å². The third-order valence-corrected chi connectivity index (χ3v) is 4.89. The van der Waals surface area contributed by atoms with Crippen molar-refractivity contribution in [3.63, 3.8) is 0 Å². The van der Waals surface area contributed by atoms with E-state index in [1.165, 1.54) is 6.20 Å². The highest BCUT2D eigenvalue weighted by Gasteiger charge is 2.08. The van der Waals surface area contributed by atoms with Crippen molar-refractivity contribution >= 4 is 34.6 Å². The van der Waals surface area contributed by atoms with Gasteiger partial charge in [0.05, 0.1) is 18.4 Å². The predicted octanol–water partition coefficient (Wildman–Crippen LogP) is 1.33. The standard InChI is InChI=1S/C22H28N8O3/c1-2-17(31)24-10-4-3-5-11-25-20(32)14-6-8-15(9-7-14)26-12-16-13-27-19-18(28-16)21(33)30-22(23)29-19/h6-9,13,26H,2-5,10-12H2,1H3,(H,24,31)(H,25,32)(H3,23,27,29,30,33). The number of rotatable bonds is 11. The van der Waals surface area contributed by atoms with Crippen LogP contribution in [0.4, 0.5) is 11.6 Å². The molecule has 2 amide bonds. The highest BCUT2D eigenvalue weighted by atomic mass is 16.2. The van der Waals surface area contributed by atoms with E-state index < -0.39 is 5.56 Å². The van der Waals surface area contributed by atoms with Gasteiger partial charge in [-0.3, -0.25) is 19.4 Å². The third-order valence-electron chi connectivity index (χ3n) is 4.89. The van der Waals surface area contributed by atoms with E-state index in [1.54, 1.807) is 24.3 Å². The zero-order valence-corrected chi connectivity index (χ0v) is 18.5. The van der Waals surface area contributed by atoms with Crippen LogP contribution in [0.1, 0.15) is 48.7 Å². The average molecular weight is 453 g/mol. The maximum absolute atomic E-state index is 12.3. The number of aromatic nitrogens is 4. The molecule has 11 nitrogen and oxygen atoms in total. The second-order valence-corrected chi connectivity index (χ2v) is 7.44. The minimum Gasteiger partial charge on any atom is -0.379 e. The predicted molar refractivity (Wildman–Crippen MR) is 126 cm³/mol. The Morgan fingerprint density at radius 1 is 1.03 bits per heavy atom. The number of nitrogens with zero attached hydrogens (tertiary/aromatic N) is 3. The fraction of sp³-hybridized carbons (Fsp3) is 0.364. The molecule has 0 saturated carbocycles. The zero-order valence-electron chi connectivity index (χ0n) is 18.5. The molecule has 2 heterocycles. The van der Waals surface area contributed by atoms with Crippen molar-refractivity contribution < 1.29 is 9.59 Å². The molecule has 0 bridgehead atoms. The van der Waals surface area contributed by atoms with Crippen LogP contribution < -0.4 is 27.2 Å². The second kappa shape index (κ2) is 11.6. The van der Waals surface area contributed by atoms with Crippen LogP contribution in [-0.4, -0.2) is 44.8 Å². The van der Waals surface area contributed by atoms with Gasteiger partial charge in [-0.25, -0.2) is 9.97 Å². The molecule has 2 aromatic heterocycles. The third kappa shape index (κ3) is 6.99. The van der Waals surface area contributed by atoms with Gasteiger partial charge in [-0.15, -0.1) is 0 Å². The number of amides is 2. The monoisotopic (exact) mass is 452 g/mol. The number of nitrogen functional groups attached to an aromatic ring is 1. The summed E-state index contributed by atoms with van der Waals surface area (Å²) in [5.41, 5.74) is 7.32. The van der Waals surface area contributed by atoms with Gasteiger partial charge >= 0.3 is 0 Å². The van der Waals surface area contributed by atoms with E-state index >= 15 is 0 Å². The molecule has 33 heavy (non-hydrogen) atoms. The van der Waals surface area contributed by atoms with E-state index in [4.69, 9.17) is 5.73 Å². The molecule has 174 valence electrons. The lowest BCUT2D eigenvalue weighted by molar-refractivity contribution is -0.120. The van der Waals surface area contributed by atoms with E-state index in [0.717, 1.165) is 24.9 Å². The van der Waals surface area contributed by atoms with Crippen LogP contribution >= 0.6 is 0 Å². The molecule has 0 fully saturated rings. The molecule has 0 unspecified atom stereocenters. The molecular weight excluding hydrogens is 424 g/mol.